The highest BCUT2D eigenvalue weighted by molar-refractivity contribution is 8.00. The van der Waals surface area contributed by atoms with E-state index in [9.17, 15) is 24.3 Å². The monoisotopic (exact) mass is 613 g/mol. The van der Waals surface area contributed by atoms with Gasteiger partial charge in [-0.2, -0.15) is 0 Å². The molecule has 43 heavy (non-hydrogen) atoms. The van der Waals surface area contributed by atoms with Crippen molar-refractivity contribution >= 4 is 64.5 Å². The number of halogens is 1. The van der Waals surface area contributed by atoms with E-state index >= 15 is 0 Å². The molecule has 0 spiro atoms. The van der Waals surface area contributed by atoms with Crippen LogP contribution in [0.3, 0.4) is 0 Å². The van der Waals surface area contributed by atoms with Crippen molar-refractivity contribution in [2.24, 2.45) is 0 Å². The number of carboxylic acid groups (broad SMARTS) is 1. The van der Waals surface area contributed by atoms with Crippen LogP contribution < -0.4 is 16.0 Å². The number of carbonyl (C=O) groups excluding carboxylic acids is 3. The highest BCUT2D eigenvalue weighted by atomic mass is 35.5. The number of hydrogen-bond donors (Lipinski definition) is 4. The molecule has 4 rings (SSSR count). The molecule has 1 atom stereocenters. The van der Waals surface area contributed by atoms with E-state index in [0.29, 0.717) is 16.1 Å². The Hall–Kier alpha value is -4.86. The minimum atomic E-state index is -1.13. The Morgan fingerprint density at radius 2 is 1.56 bits per heavy atom. The third-order valence-electron chi connectivity index (χ3n) is 6.26. The van der Waals surface area contributed by atoms with Crippen molar-refractivity contribution in [3.8, 4) is 0 Å². The predicted octanol–water partition coefficient (Wildman–Crippen LogP) is 6.88. The molecule has 0 bridgehead atoms. The standard InChI is InChI=1S/C33H28ClN3O5S/c1-20-9-6-7-12-23(20)17-29(37-31(39)22-10-4-3-5-11-22)32(40)35-25-13-8-14-26(19-25)43-21(2)30(38)36-28-18-24(33(41)42)15-16-27(28)34/h3-19,21H,1-2H3,(H,35,40)(H,36,38)(H,37,39)(H,41,42)/b29-17-. The summed E-state index contributed by atoms with van der Waals surface area (Å²) in [5, 5.41) is 17.1. The van der Waals surface area contributed by atoms with Crippen molar-refractivity contribution in [2.75, 3.05) is 10.6 Å². The summed E-state index contributed by atoms with van der Waals surface area (Å²) in [7, 11) is 0. The molecule has 0 aliphatic carbocycles. The number of amides is 3. The van der Waals surface area contributed by atoms with Gasteiger partial charge in [0.25, 0.3) is 11.8 Å². The Labute approximate surface area is 258 Å². The average molecular weight is 614 g/mol. The highest BCUT2D eigenvalue weighted by Crippen LogP contribution is 2.29. The molecule has 10 heteroatoms. The van der Waals surface area contributed by atoms with Crippen molar-refractivity contribution in [3.63, 3.8) is 0 Å². The molecule has 0 fully saturated rings. The summed E-state index contributed by atoms with van der Waals surface area (Å²) in [5.41, 5.74) is 2.85. The first-order valence-electron chi connectivity index (χ1n) is 13.2. The van der Waals surface area contributed by atoms with Crippen LogP contribution >= 0.6 is 23.4 Å². The van der Waals surface area contributed by atoms with Crippen molar-refractivity contribution < 1.29 is 24.3 Å². The third kappa shape index (κ3) is 8.57. The smallest absolute Gasteiger partial charge is 0.335 e. The number of nitrogens with one attached hydrogen (secondary N) is 3. The zero-order valence-electron chi connectivity index (χ0n) is 23.3. The summed E-state index contributed by atoms with van der Waals surface area (Å²) in [6, 6.07) is 27.1. The van der Waals surface area contributed by atoms with E-state index in [1.165, 1.54) is 30.0 Å². The Bertz CT molecular complexity index is 1710. The summed E-state index contributed by atoms with van der Waals surface area (Å²) in [4.78, 5) is 51.2. The van der Waals surface area contributed by atoms with Crippen LogP contribution in [0.4, 0.5) is 11.4 Å². The number of thioether (sulfide) groups is 1. The van der Waals surface area contributed by atoms with E-state index in [4.69, 9.17) is 11.6 Å². The molecule has 0 aliphatic rings. The second kappa shape index (κ2) is 14.4. The summed E-state index contributed by atoms with van der Waals surface area (Å²) >= 11 is 7.39. The molecule has 8 nitrogen and oxygen atoms in total. The maximum absolute atomic E-state index is 13.4. The molecule has 0 saturated carbocycles. The Kier molecular flexibility index (Phi) is 10.4. The molecule has 0 heterocycles. The molecule has 0 aliphatic heterocycles. The fourth-order valence-corrected chi connectivity index (χ4v) is 5.03. The molecule has 1 unspecified atom stereocenters. The largest absolute Gasteiger partial charge is 0.478 e. The second-order valence-corrected chi connectivity index (χ2v) is 11.3. The van der Waals surface area contributed by atoms with Crippen LogP contribution in [0.1, 0.15) is 38.8 Å². The third-order valence-corrected chi connectivity index (χ3v) is 7.69. The Morgan fingerprint density at radius 1 is 0.837 bits per heavy atom. The highest BCUT2D eigenvalue weighted by Gasteiger charge is 2.19. The first-order valence-corrected chi connectivity index (χ1v) is 14.4. The number of aromatic carboxylic acids is 1. The second-order valence-electron chi connectivity index (χ2n) is 9.47. The number of anilines is 2. The molecular weight excluding hydrogens is 586 g/mol. The minimum Gasteiger partial charge on any atom is -0.478 e. The molecule has 0 aromatic heterocycles. The van der Waals surface area contributed by atoms with E-state index in [1.54, 1.807) is 67.6 Å². The van der Waals surface area contributed by atoms with E-state index < -0.39 is 23.0 Å². The van der Waals surface area contributed by atoms with Gasteiger partial charge < -0.3 is 21.1 Å². The zero-order valence-corrected chi connectivity index (χ0v) is 24.8. The van der Waals surface area contributed by atoms with Crippen molar-refractivity contribution in [1.82, 2.24) is 5.32 Å². The lowest BCUT2D eigenvalue weighted by molar-refractivity contribution is -0.115. The fourth-order valence-electron chi connectivity index (χ4n) is 3.94. The topological polar surface area (TPSA) is 125 Å². The lowest BCUT2D eigenvalue weighted by atomic mass is 10.1. The molecule has 4 N–H and O–H groups in total. The molecule has 218 valence electrons. The van der Waals surface area contributed by atoms with E-state index in [1.807, 2.05) is 31.2 Å². The van der Waals surface area contributed by atoms with Crippen LogP contribution in [-0.2, 0) is 9.59 Å². The SMILES string of the molecule is Cc1ccccc1/C=C(\NC(=O)c1ccccc1)C(=O)Nc1cccc(SC(C)C(=O)Nc2cc(C(=O)O)ccc2Cl)c1. The summed E-state index contributed by atoms with van der Waals surface area (Å²) in [6.07, 6.45) is 1.63. The van der Waals surface area contributed by atoms with Gasteiger partial charge in [-0.25, -0.2) is 4.79 Å². The molecule has 4 aromatic carbocycles. The molecule has 4 aromatic rings. The first-order chi connectivity index (χ1) is 20.6. The quantitative estimate of drug-likeness (QED) is 0.114. The van der Waals surface area contributed by atoms with Crippen LogP contribution in [0.2, 0.25) is 5.02 Å². The average Bonchev–Trinajstić information content (AvgIpc) is 2.99. The van der Waals surface area contributed by atoms with E-state index in [2.05, 4.69) is 16.0 Å². The number of aryl methyl sites for hydroxylation is 1. The Morgan fingerprint density at radius 3 is 2.28 bits per heavy atom. The van der Waals surface area contributed by atoms with Gasteiger partial charge in [-0.3, -0.25) is 14.4 Å². The fraction of sp³-hybridized carbons (Fsp3) is 0.0909. The van der Waals surface area contributed by atoms with Crippen LogP contribution in [-0.4, -0.2) is 34.0 Å². The zero-order chi connectivity index (χ0) is 30.9. The van der Waals surface area contributed by atoms with Gasteiger partial charge in [0.15, 0.2) is 0 Å². The number of carbonyl (C=O) groups is 4. The number of benzene rings is 4. The number of rotatable bonds is 10. The van der Waals surface area contributed by atoms with Gasteiger partial charge in [0, 0.05) is 16.1 Å². The summed E-state index contributed by atoms with van der Waals surface area (Å²) < 4.78 is 0. The van der Waals surface area contributed by atoms with Crippen molar-refractivity contribution in [3.05, 3.63) is 130 Å². The van der Waals surface area contributed by atoms with Gasteiger partial charge in [-0.15, -0.1) is 11.8 Å². The molecule has 0 radical (unpaired) electrons. The lowest BCUT2D eigenvalue weighted by Crippen LogP contribution is -2.30. The number of carboxylic acids is 1. The van der Waals surface area contributed by atoms with Crippen LogP contribution in [0, 0.1) is 6.92 Å². The van der Waals surface area contributed by atoms with Gasteiger partial charge in [-0.05, 0) is 79.6 Å². The van der Waals surface area contributed by atoms with Crippen molar-refractivity contribution in [2.45, 2.75) is 24.0 Å². The van der Waals surface area contributed by atoms with Gasteiger partial charge in [0.2, 0.25) is 5.91 Å². The summed E-state index contributed by atoms with van der Waals surface area (Å²) in [6.45, 7) is 3.61. The molecule has 3 amide bonds. The van der Waals surface area contributed by atoms with Gasteiger partial charge in [-0.1, -0.05) is 60.1 Å². The maximum Gasteiger partial charge on any atom is 0.335 e. The van der Waals surface area contributed by atoms with Crippen molar-refractivity contribution in [1.29, 1.82) is 0 Å². The Balaban J connectivity index is 1.49. The number of hydrogen-bond acceptors (Lipinski definition) is 5. The molecular formula is C33H28ClN3O5S. The lowest BCUT2D eigenvalue weighted by Gasteiger charge is -2.15. The van der Waals surface area contributed by atoms with E-state index in [0.717, 1.165) is 11.1 Å². The predicted molar refractivity (Wildman–Crippen MR) is 170 cm³/mol. The normalized spacial score (nSPS) is 11.7. The minimum absolute atomic E-state index is 0.000694. The summed E-state index contributed by atoms with van der Waals surface area (Å²) in [5.74, 6) is -2.46. The molecule has 0 saturated heterocycles. The first kappa shape index (κ1) is 31.1. The van der Waals surface area contributed by atoms with Crippen LogP contribution in [0.5, 0.6) is 0 Å². The van der Waals surface area contributed by atoms with Gasteiger partial charge >= 0.3 is 5.97 Å². The van der Waals surface area contributed by atoms with E-state index in [-0.39, 0.29) is 27.9 Å². The van der Waals surface area contributed by atoms with Crippen LogP contribution in [0.15, 0.2) is 108 Å². The van der Waals surface area contributed by atoms with Crippen LogP contribution in [0.25, 0.3) is 6.08 Å². The van der Waals surface area contributed by atoms with Gasteiger partial charge in [0.1, 0.15) is 5.70 Å². The maximum atomic E-state index is 13.4. The van der Waals surface area contributed by atoms with Gasteiger partial charge in [0.05, 0.1) is 21.5 Å².